The van der Waals surface area contributed by atoms with E-state index in [0.717, 1.165) is 24.1 Å². The fourth-order valence-electron chi connectivity index (χ4n) is 3.67. The minimum Gasteiger partial charge on any atom is -0.343 e. The van der Waals surface area contributed by atoms with Crippen LogP contribution in [-0.4, -0.2) is 50.8 Å². The van der Waals surface area contributed by atoms with Gasteiger partial charge in [0.2, 0.25) is 21.8 Å². The molecule has 0 bridgehead atoms. The number of carbonyl (C=O) groups excluding carboxylic acids is 2. The lowest BCUT2D eigenvalue weighted by Gasteiger charge is -2.32. The first kappa shape index (κ1) is 18.8. The number of sulfonamides is 1. The third kappa shape index (κ3) is 3.91. The Kier molecular flexibility index (Phi) is 5.34. The average molecular weight is 379 g/mol. The summed E-state index contributed by atoms with van der Waals surface area (Å²) < 4.78 is 28.3. The summed E-state index contributed by atoms with van der Waals surface area (Å²) in [6.07, 6.45) is 2.82. The number of benzene rings is 1. The molecule has 1 fully saturated rings. The van der Waals surface area contributed by atoms with E-state index < -0.39 is 10.0 Å². The van der Waals surface area contributed by atoms with Crippen LogP contribution in [0.2, 0.25) is 0 Å². The van der Waals surface area contributed by atoms with Gasteiger partial charge in [0.1, 0.15) is 0 Å². The zero-order chi connectivity index (χ0) is 18.9. The lowest BCUT2D eigenvalue weighted by atomic mass is 10.0. The smallest absolute Gasteiger partial charge is 0.240 e. The van der Waals surface area contributed by atoms with Crippen molar-refractivity contribution in [1.82, 2.24) is 9.62 Å². The minimum atomic E-state index is -3.63. The minimum absolute atomic E-state index is 0.0241. The SMILES string of the molecule is CC(=O)N1CCC(NS(=O)(=O)c2ccc3c(c2)CCCN3C(C)=O)CC1. The summed E-state index contributed by atoms with van der Waals surface area (Å²) in [5.41, 5.74) is 1.69. The number of nitrogens with one attached hydrogen (secondary N) is 1. The molecule has 0 radical (unpaired) electrons. The Labute approximate surface area is 154 Å². The number of hydrogen-bond donors (Lipinski definition) is 1. The van der Waals surface area contributed by atoms with Crippen LogP contribution in [0.15, 0.2) is 23.1 Å². The Hall–Kier alpha value is -1.93. The third-order valence-electron chi connectivity index (χ3n) is 5.12. The first-order valence-electron chi connectivity index (χ1n) is 8.97. The van der Waals surface area contributed by atoms with E-state index in [1.807, 2.05) is 0 Å². The van der Waals surface area contributed by atoms with Crippen LogP contribution in [0.25, 0.3) is 0 Å². The van der Waals surface area contributed by atoms with Gasteiger partial charge in [-0.1, -0.05) is 0 Å². The lowest BCUT2D eigenvalue weighted by Crippen LogP contribution is -2.45. The summed E-state index contributed by atoms with van der Waals surface area (Å²) in [7, 11) is -3.63. The number of likely N-dealkylation sites (tertiary alicyclic amines) is 1. The summed E-state index contributed by atoms with van der Waals surface area (Å²) in [5.74, 6) is -0.00654. The molecule has 8 heteroatoms. The van der Waals surface area contributed by atoms with Crippen molar-refractivity contribution >= 4 is 27.5 Å². The van der Waals surface area contributed by atoms with Crippen LogP contribution in [0.3, 0.4) is 0 Å². The molecule has 0 aromatic heterocycles. The van der Waals surface area contributed by atoms with E-state index in [2.05, 4.69) is 4.72 Å². The normalized spacial score (nSPS) is 18.5. The number of rotatable bonds is 3. The van der Waals surface area contributed by atoms with Crippen molar-refractivity contribution in [2.75, 3.05) is 24.5 Å². The summed E-state index contributed by atoms with van der Waals surface area (Å²) in [5, 5.41) is 0. The Morgan fingerprint density at radius 2 is 1.77 bits per heavy atom. The summed E-state index contributed by atoms with van der Waals surface area (Å²) in [6, 6.07) is 4.80. The number of anilines is 1. The van der Waals surface area contributed by atoms with Crippen LogP contribution < -0.4 is 9.62 Å². The van der Waals surface area contributed by atoms with Crippen molar-refractivity contribution < 1.29 is 18.0 Å². The van der Waals surface area contributed by atoms with Gasteiger partial charge in [0.25, 0.3) is 0 Å². The average Bonchev–Trinajstić information content (AvgIpc) is 2.60. The quantitative estimate of drug-likeness (QED) is 0.857. The van der Waals surface area contributed by atoms with E-state index >= 15 is 0 Å². The largest absolute Gasteiger partial charge is 0.343 e. The standard InChI is InChI=1S/C18H25N3O4S/c1-13(22)20-10-7-16(8-11-20)19-26(24,25)17-5-6-18-15(12-17)4-3-9-21(18)14(2)23/h5-6,12,16,19H,3-4,7-11H2,1-2H3. The first-order chi connectivity index (χ1) is 12.3. The van der Waals surface area contributed by atoms with Gasteiger partial charge in [0.05, 0.1) is 4.90 Å². The number of piperidine rings is 1. The molecule has 0 saturated carbocycles. The second-order valence-corrected chi connectivity index (χ2v) is 8.68. The predicted molar refractivity (Wildman–Crippen MR) is 98.4 cm³/mol. The van der Waals surface area contributed by atoms with Gasteiger partial charge in [-0.2, -0.15) is 0 Å². The summed E-state index contributed by atoms with van der Waals surface area (Å²) in [6.45, 7) is 4.86. The number of nitrogens with zero attached hydrogens (tertiary/aromatic N) is 2. The predicted octanol–water partition coefficient (Wildman–Crippen LogP) is 1.27. The Morgan fingerprint density at radius 1 is 1.08 bits per heavy atom. The second-order valence-electron chi connectivity index (χ2n) is 6.97. The highest BCUT2D eigenvalue weighted by Crippen LogP contribution is 2.29. The van der Waals surface area contributed by atoms with Crippen molar-refractivity contribution in [2.24, 2.45) is 0 Å². The molecule has 1 aromatic rings. The van der Waals surface area contributed by atoms with Crippen molar-refractivity contribution in [1.29, 1.82) is 0 Å². The zero-order valence-corrected chi connectivity index (χ0v) is 16.0. The van der Waals surface area contributed by atoms with Gasteiger partial charge < -0.3 is 9.80 Å². The van der Waals surface area contributed by atoms with Gasteiger partial charge in [-0.15, -0.1) is 0 Å². The highest BCUT2D eigenvalue weighted by molar-refractivity contribution is 7.89. The molecule has 26 heavy (non-hydrogen) atoms. The number of aryl methyl sites for hydroxylation is 1. The Morgan fingerprint density at radius 3 is 2.38 bits per heavy atom. The monoisotopic (exact) mass is 379 g/mol. The maximum absolute atomic E-state index is 12.7. The highest BCUT2D eigenvalue weighted by Gasteiger charge is 2.27. The molecule has 0 atom stereocenters. The topological polar surface area (TPSA) is 86.8 Å². The molecular weight excluding hydrogens is 354 g/mol. The Balaban J connectivity index is 1.74. The van der Waals surface area contributed by atoms with Gasteiger partial charge in [0, 0.05) is 45.2 Å². The Bertz CT molecular complexity index is 814. The molecule has 0 spiro atoms. The molecule has 2 aliphatic heterocycles. The van der Waals surface area contributed by atoms with Gasteiger partial charge >= 0.3 is 0 Å². The fourth-order valence-corrected chi connectivity index (χ4v) is 5.02. The zero-order valence-electron chi connectivity index (χ0n) is 15.2. The molecule has 142 valence electrons. The molecule has 1 saturated heterocycles. The maximum atomic E-state index is 12.7. The van der Waals surface area contributed by atoms with Crippen molar-refractivity contribution in [2.45, 2.75) is 50.5 Å². The molecule has 2 aliphatic rings. The summed E-state index contributed by atoms with van der Waals surface area (Å²) >= 11 is 0. The maximum Gasteiger partial charge on any atom is 0.240 e. The molecular formula is C18H25N3O4S. The second kappa shape index (κ2) is 7.36. The van der Waals surface area contributed by atoms with E-state index in [9.17, 15) is 18.0 Å². The van der Waals surface area contributed by atoms with Crippen molar-refractivity contribution in [3.63, 3.8) is 0 Å². The van der Waals surface area contributed by atoms with Gasteiger partial charge in [-0.3, -0.25) is 9.59 Å². The molecule has 2 heterocycles. The van der Waals surface area contributed by atoms with E-state index in [0.29, 0.717) is 32.5 Å². The van der Waals surface area contributed by atoms with Gasteiger partial charge in [-0.05, 0) is 49.4 Å². The van der Waals surface area contributed by atoms with Crippen LogP contribution in [-0.2, 0) is 26.0 Å². The van der Waals surface area contributed by atoms with E-state index in [1.54, 1.807) is 28.0 Å². The van der Waals surface area contributed by atoms with Crippen LogP contribution in [0, 0.1) is 0 Å². The van der Waals surface area contributed by atoms with Gasteiger partial charge in [0.15, 0.2) is 0 Å². The molecule has 2 amide bonds. The highest BCUT2D eigenvalue weighted by atomic mass is 32.2. The van der Waals surface area contributed by atoms with Crippen LogP contribution in [0.4, 0.5) is 5.69 Å². The number of carbonyl (C=O) groups is 2. The fraction of sp³-hybridized carbons (Fsp3) is 0.556. The van der Waals surface area contributed by atoms with Crippen LogP contribution >= 0.6 is 0 Å². The van der Waals surface area contributed by atoms with Crippen LogP contribution in [0.5, 0.6) is 0 Å². The van der Waals surface area contributed by atoms with E-state index in [-0.39, 0.29) is 22.8 Å². The number of fused-ring (bicyclic) bond motifs is 1. The van der Waals surface area contributed by atoms with Crippen molar-refractivity contribution in [3.8, 4) is 0 Å². The molecule has 1 N–H and O–H groups in total. The number of hydrogen-bond acceptors (Lipinski definition) is 4. The molecule has 1 aromatic carbocycles. The summed E-state index contributed by atoms with van der Waals surface area (Å²) in [4.78, 5) is 26.8. The van der Waals surface area contributed by atoms with E-state index in [4.69, 9.17) is 0 Å². The lowest BCUT2D eigenvalue weighted by molar-refractivity contribution is -0.129. The molecule has 3 rings (SSSR count). The van der Waals surface area contributed by atoms with Crippen LogP contribution in [0.1, 0.15) is 38.7 Å². The van der Waals surface area contributed by atoms with Gasteiger partial charge in [-0.25, -0.2) is 13.1 Å². The van der Waals surface area contributed by atoms with Crippen molar-refractivity contribution in [3.05, 3.63) is 23.8 Å². The molecule has 7 nitrogen and oxygen atoms in total. The van der Waals surface area contributed by atoms with E-state index in [1.165, 1.54) is 13.8 Å². The third-order valence-corrected chi connectivity index (χ3v) is 6.64. The first-order valence-corrected chi connectivity index (χ1v) is 10.4. The molecule has 0 aliphatic carbocycles. The number of amides is 2. The molecule has 0 unspecified atom stereocenters.